The normalized spacial score (nSPS) is 15.7. The van der Waals surface area contributed by atoms with Crippen molar-refractivity contribution >= 4 is 20.9 Å². The molecule has 1 aromatic heterocycles. The van der Waals surface area contributed by atoms with E-state index >= 15 is 0 Å². The van der Waals surface area contributed by atoms with Crippen LogP contribution in [0.25, 0.3) is 10.9 Å². The van der Waals surface area contributed by atoms with E-state index in [9.17, 15) is 8.42 Å². The van der Waals surface area contributed by atoms with Gasteiger partial charge in [0.15, 0.2) is 0 Å². The van der Waals surface area contributed by atoms with Crippen molar-refractivity contribution < 1.29 is 13.2 Å². The Morgan fingerprint density at radius 3 is 2.75 bits per heavy atom. The predicted molar refractivity (Wildman–Crippen MR) is 77.2 cm³/mol. The molecule has 2 N–H and O–H groups in total. The second-order valence-corrected chi connectivity index (χ2v) is 6.75. The van der Waals surface area contributed by atoms with Crippen molar-refractivity contribution in [3.8, 4) is 5.75 Å². The fourth-order valence-corrected chi connectivity index (χ4v) is 3.27. The summed E-state index contributed by atoms with van der Waals surface area (Å²) in [6.07, 6.45) is 4.05. The van der Waals surface area contributed by atoms with Crippen molar-refractivity contribution in [3.05, 3.63) is 24.4 Å². The van der Waals surface area contributed by atoms with Crippen LogP contribution in [0.4, 0.5) is 0 Å². The highest BCUT2D eigenvalue weighted by molar-refractivity contribution is 7.89. The highest BCUT2D eigenvalue weighted by Crippen LogP contribution is 2.36. The summed E-state index contributed by atoms with van der Waals surface area (Å²) in [5.41, 5.74) is 0.867. The number of aromatic nitrogens is 1. The molecule has 0 bridgehead atoms. The standard InChI is InChI=1S/C14H18N2O3S/c1-2-19-12-5-3-4-11-14(12)13(20(15,17)18)9-16(11)8-10-6-7-10/h3-5,9-10H,2,6-8H2,1H3,(H2,15,17,18). The Bertz CT molecular complexity index is 745. The molecule has 3 rings (SSSR count). The van der Waals surface area contributed by atoms with Crippen LogP contribution in [0.2, 0.25) is 0 Å². The van der Waals surface area contributed by atoms with Gasteiger partial charge in [0.05, 0.1) is 17.5 Å². The van der Waals surface area contributed by atoms with E-state index < -0.39 is 10.0 Å². The quantitative estimate of drug-likeness (QED) is 0.917. The van der Waals surface area contributed by atoms with E-state index in [-0.39, 0.29) is 4.90 Å². The summed E-state index contributed by atoms with van der Waals surface area (Å²) in [4.78, 5) is 0.150. The van der Waals surface area contributed by atoms with Gasteiger partial charge in [0, 0.05) is 12.7 Å². The van der Waals surface area contributed by atoms with Gasteiger partial charge in [0.25, 0.3) is 0 Å². The predicted octanol–water partition coefficient (Wildman–Crippen LogP) is 2.10. The lowest BCUT2D eigenvalue weighted by Crippen LogP contribution is -2.12. The van der Waals surface area contributed by atoms with Gasteiger partial charge in [-0.15, -0.1) is 0 Å². The van der Waals surface area contributed by atoms with Gasteiger partial charge in [-0.1, -0.05) is 6.07 Å². The van der Waals surface area contributed by atoms with Crippen LogP contribution in [0.5, 0.6) is 5.75 Å². The first kappa shape index (κ1) is 13.5. The lowest BCUT2D eigenvalue weighted by atomic mass is 10.2. The van der Waals surface area contributed by atoms with E-state index in [1.54, 1.807) is 12.3 Å². The molecule has 1 fully saturated rings. The van der Waals surface area contributed by atoms with Gasteiger partial charge in [-0.2, -0.15) is 0 Å². The third kappa shape index (κ3) is 2.41. The van der Waals surface area contributed by atoms with Crippen LogP contribution >= 0.6 is 0 Å². The molecule has 20 heavy (non-hydrogen) atoms. The largest absolute Gasteiger partial charge is 0.493 e. The van der Waals surface area contributed by atoms with Gasteiger partial charge in [-0.3, -0.25) is 0 Å². The van der Waals surface area contributed by atoms with Crippen LogP contribution in [0.15, 0.2) is 29.3 Å². The van der Waals surface area contributed by atoms with E-state index in [0.29, 0.717) is 23.7 Å². The highest BCUT2D eigenvalue weighted by Gasteiger charge is 2.26. The maximum absolute atomic E-state index is 11.8. The molecule has 0 saturated heterocycles. The molecule has 1 aliphatic carbocycles. The van der Waals surface area contributed by atoms with E-state index in [1.807, 2.05) is 23.6 Å². The molecule has 1 aromatic carbocycles. The fraction of sp³-hybridized carbons (Fsp3) is 0.429. The number of sulfonamides is 1. The molecule has 0 radical (unpaired) electrons. The lowest BCUT2D eigenvalue weighted by molar-refractivity contribution is 0.344. The first-order valence-electron chi connectivity index (χ1n) is 6.78. The zero-order valence-electron chi connectivity index (χ0n) is 11.4. The molecule has 5 nitrogen and oxygen atoms in total. The van der Waals surface area contributed by atoms with Gasteiger partial charge in [0.2, 0.25) is 10.0 Å². The third-order valence-corrected chi connectivity index (χ3v) is 4.51. The van der Waals surface area contributed by atoms with E-state index in [4.69, 9.17) is 9.88 Å². The Morgan fingerprint density at radius 1 is 1.40 bits per heavy atom. The van der Waals surface area contributed by atoms with Crippen molar-refractivity contribution in [2.45, 2.75) is 31.2 Å². The number of fused-ring (bicyclic) bond motifs is 1. The second kappa shape index (κ2) is 4.79. The number of hydrogen-bond acceptors (Lipinski definition) is 3. The zero-order chi connectivity index (χ0) is 14.3. The number of nitrogens with two attached hydrogens (primary N) is 1. The van der Waals surface area contributed by atoms with Crippen molar-refractivity contribution in [3.63, 3.8) is 0 Å². The Labute approximate surface area is 118 Å². The number of ether oxygens (including phenoxy) is 1. The number of rotatable bonds is 5. The molecule has 1 saturated carbocycles. The van der Waals surface area contributed by atoms with Crippen molar-refractivity contribution in [1.29, 1.82) is 0 Å². The number of primary sulfonamides is 1. The molecular weight excluding hydrogens is 276 g/mol. The Kier molecular flexibility index (Phi) is 3.22. The monoisotopic (exact) mass is 294 g/mol. The van der Waals surface area contributed by atoms with Gasteiger partial charge in [-0.05, 0) is 37.8 Å². The molecule has 0 spiro atoms. The smallest absolute Gasteiger partial charge is 0.240 e. The molecule has 0 aliphatic heterocycles. The minimum Gasteiger partial charge on any atom is -0.493 e. The van der Waals surface area contributed by atoms with Crippen LogP contribution in [0.1, 0.15) is 19.8 Å². The van der Waals surface area contributed by atoms with Crippen LogP contribution in [-0.2, 0) is 16.6 Å². The number of benzene rings is 1. The van der Waals surface area contributed by atoms with Crippen LogP contribution < -0.4 is 9.88 Å². The van der Waals surface area contributed by atoms with Gasteiger partial charge < -0.3 is 9.30 Å². The molecule has 108 valence electrons. The molecule has 2 aromatic rings. The summed E-state index contributed by atoms with van der Waals surface area (Å²) in [5, 5.41) is 5.95. The van der Waals surface area contributed by atoms with Gasteiger partial charge >= 0.3 is 0 Å². The molecule has 0 amide bonds. The molecule has 1 aliphatic rings. The molecule has 0 unspecified atom stereocenters. The molecular formula is C14H18N2O3S. The average molecular weight is 294 g/mol. The minimum absolute atomic E-state index is 0.150. The van der Waals surface area contributed by atoms with Crippen molar-refractivity contribution in [2.75, 3.05) is 6.61 Å². The molecule has 1 heterocycles. The first-order chi connectivity index (χ1) is 9.50. The highest BCUT2D eigenvalue weighted by atomic mass is 32.2. The van der Waals surface area contributed by atoms with E-state index in [2.05, 4.69) is 0 Å². The summed E-state index contributed by atoms with van der Waals surface area (Å²) in [6, 6.07) is 5.57. The molecule has 0 atom stereocenters. The number of hydrogen-bond donors (Lipinski definition) is 1. The topological polar surface area (TPSA) is 74.3 Å². The average Bonchev–Trinajstić information content (AvgIpc) is 3.10. The van der Waals surface area contributed by atoms with Crippen LogP contribution in [0, 0.1) is 5.92 Å². The second-order valence-electron chi connectivity index (χ2n) is 5.22. The minimum atomic E-state index is -3.77. The third-order valence-electron chi connectivity index (χ3n) is 3.59. The van der Waals surface area contributed by atoms with Gasteiger partial charge in [-0.25, -0.2) is 13.6 Å². The first-order valence-corrected chi connectivity index (χ1v) is 8.32. The van der Waals surface area contributed by atoms with Crippen LogP contribution in [-0.4, -0.2) is 19.6 Å². The van der Waals surface area contributed by atoms with Crippen LogP contribution in [0.3, 0.4) is 0 Å². The summed E-state index contributed by atoms with van der Waals surface area (Å²) in [5.74, 6) is 1.22. The van der Waals surface area contributed by atoms with Gasteiger partial charge in [0.1, 0.15) is 10.6 Å². The fourth-order valence-electron chi connectivity index (χ4n) is 2.50. The summed E-state index contributed by atoms with van der Waals surface area (Å²) < 4.78 is 31.2. The van der Waals surface area contributed by atoms with Crippen molar-refractivity contribution in [2.24, 2.45) is 11.1 Å². The van der Waals surface area contributed by atoms with E-state index in [1.165, 1.54) is 12.8 Å². The Balaban J connectivity index is 2.24. The SMILES string of the molecule is CCOc1cccc2c1c(S(N)(=O)=O)cn2CC1CC1. The number of nitrogens with zero attached hydrogens (tertiary/aromatic N) is 1. The maximum atomic E-state index is 11.8. The Hall–Kier alpha value is -1.53. The van der Waals surface area contributed by atoms with E-state index in [0.717, 1.165) is 12.1 Å². The summed E-state index contributed by atoms with van der Waals surface area (Å²) in [6.45, 7) is 3.19. The molecule has 6 heteroatoms. The maximum Gasteiger partial charge on any atom is 0.240 e. The van der Waals surface area contributed by atoms with Crippen molar-refractivity contribution in [1.82, 2.24) is 4.57 Å². The summed E-state index contributed by atoms with van der Waals surface area (Å²) in [7, 11) is -3.77. The zero-order valence-corrected chi connectivity index (χ0v) is 12.2. The summed E-state index contributed by atoms with van der Waals surface area (Å²) >= 11 is 0. The Morgan fingerprint density at radius 2 is 2.15 bits per heavy atom. The lowest BCUT2D eigenvalue weighted by Gasteiger charge is -2.07.